The van der Waals surface area contributed by atoms with Gasteiger partial charge in [-0.2, -0.15) is 13.5 Å². The molecule has 0 atom stereocenters. The topological polar surface area (TPSA) is 111 Å². The number of nitrogens with two attached hydrogens (primary N) is 1. The number of rotatable bonds is 6. The Kier molecular flexibility index (Phi) is 5.51. The molecule has 0 fully saturated rings. The molecule has 0 radical (unpaired) electrons. The van der Waals surface area contributed by atoms with Gasteiger partial charge >= 0.3 is 5.97 Å². The maximum atomic E-state index is 11.9. The number of esters is 1. The van der Waals surface area contributed by atoms with E-state index in [1.807, 2.05) is 0 Å². The summed E-state index contributed by atoms with van der Waals surface area (Å²) in [5.74, 6) is -0.458. The van der Waals surface area contributed by atoms with Crippen LogP contribution in [-0.4, -0.2) is 26.7 Å². The highest BCUT2D eigenvalue weighted by molar-refractivity contribution is 7.89. The lowest BCUT2D eigenvalue weighted by molar-refractivity contribution is -0.141. The summed E-state index contributed by atoms with van der Waals surface area (Å²) in [6, 6.07) is 5.69. The summed E-state index contributed by atoms with van der Waals surface area (Å²) in [6.07, 6.45) is -0.0713. The van der Waals surface area contributed by atoms with Crippen molar-refractivity contribution in [2.24, 2.45) is 5.10 Å². The second kappa shape index (κ2) is 6.90. The van der Waals surface area contributed by atoms with E-state index in [0.717, 1.165) is 0 Å². The predicted molar refractivity (Wildman–Crippen MR) is 75.5 cm³/mol. The van der Waals surface area contributed by atoms with Crippen molar-refractivity contribution in [3.63, 3.8) is 0 Å². The zero-order valence-corrected chi connectivity index (χ0v) is 12.1. The standard InChI is InChI=1S/C12H17N3O4S/c1-3-19-12(16)8-9(2)14-15-20(17,18)11-6-4-10(13)5-7-11/h4-7,15H,3,8,13H2,1-2H3/b14-9+. The third-order valence-electron chi connectivity index (χ3n) is 2.25. The van der Waals surface area contributed by atoms with Gasteiger partial charge in [-0.05, 0) is 38.1 Å². The Morgan fingerprint density at radius 1 is 1.35 bits per heavy atom. The van der Waals surface area contributed by atoms with Gasteiger partial charge in [0, 0.05) is 11.4 Å². The third kappa shape index (κ3) is 4.88. The smallest absolute Gasteiger partial charge is 0.311 e. The van der Waals surface area contributed by atoms with E-state index in [1.165, 1.54) is 31.2 Å². The zero-order chi connectivity index (χ0) is 15.2. The molecule has 20 heavy (non-hydrogen) atoms. The van der Waals surface area contributed by atoms with Gasteiger partial charge in [0.25, 0.3) is 10.0 Å². The highest BCUT2D eigenvalue weighted by Crippen LogP contribution is 2.11. The first-order valence-corrected chi connectivity index (χ1v) is 7.39. The molecule has 8 heteroatoms. The van der Waals surface area contributed by atoms with Crippen LogP contribution in [0.4, 0.5) is 5.69 Å². The number of hydrazone groups is 1. The van der Waals surface area contributed by atoms with E-state index in [1.54, 1.807) is 6.92 Å². The number of hydrogen-bond acceptors (Lipinski definition) is 6. The van der Waals surface area contributed by atoms with Crippen LogP contribution in [0.15, 0.2) is 34.3 Å². The van der Waals surface area contributed by atoms with Gasteiger partial charge < -0.3 is 10.5 Å². The lowest BCUT2D eigenvalue weighted by atomic mass is 10.3. The van der Waals surface area contributed by atoms with Crippen LogP contribution >= 0.6 is 0 Å². The monoisotopic (exact) mass is 299 g/mol. The van der Waals surface area contributed by atoms with Crippen molar-refractivity contribution >= 4 is 27.4 Å². The molecule has 0 bridgehead atoms. The average Bonchev–Trinajstić information content (AvgIpc) is 2.37. The maximum absolute atomic E-state index is 11.9. The number of nitrogens with one attached hydrogen (secondary N) is 1. The van der Waals surface area contributed by atoms with Gasteiger partial charge in [0.2, 0.25) is 0 Å². The molecule has 110 valence electrons. The number of anilines is 1. The SMILES string of the molecule is CCOC(=O)C/C(C)=N/NS(=O)(=O)c1ccc(N)cc1. The summed E-state index contributed by atoms with van der Waals surface area (Å²) in [5, 5.41) is 3.66. The van der Waals surface area contributed by atoms with Crippen LogP contribution in [0.25, 0.3) is 0 Å². The minimum atomic E-state index is -3.77. The first-order valence-electron chi connectivity index (χ1n) is 5.91. The molecule has 0 aliphatic rings. The number of benzene rings is 1. The Morgan fingerprint density at radius 3 is 2.50 bits per heavy atom. The molecule has 1 aromatic carbocycles. The van der Waals surface area contributed by atoms with Crippen LogP contribution < -0.4 is 10.6 Å². The molecule has 0 unspecified atom stereocenters. The van der Waals surface area contributed by atoms with Gasteiger partial charge in [-0.25, -0.2) is 4.83 Å². The Hall–Kier alpha value is -2.09. The quantitative estimate of drug-likeness (QED) is 0.350. The molecule has 0 saturated carbocycles. The van der Waals surface area contributed by atoms with Gasteiger partial charge in [0.1, 0.15) is 0 Å². The molecule has 0 aliphatic carbocycles. The molecule has 0 spiro atoms. The molecule has 0 amide bonds. The van der Waals surface area contributed by atoms with Crippen LogP contribution in [0.5, 0.6) is 0 Å². The fourth-order valence-electron chi connectivity index (χ4n) is 1.30. The summed E-state index contributed by atoms with van der Waals surface area (Å²) in [7, 11) is -3.77. The molecule has 0 aliphatic heterocycles. The van der Waals surface area contributed by atoms with Crippen molar-refractivity contribution in [3.8, 4) is 0 Å². The van der Waals surface area contributed by atoms with Crippen molar-refractivity contribution in [1.29, 1.82) is 0 Å². The van der Waals surface area contributed by atoms with Gasteiger partial charge in [0.05, 0.1) is 17.9 Å². The van der Waals surface area contributed by atoms with Crippen LogP contribution in [-0.2, 0) is 19.6 Å². The van der Waals surface area contributed by atoms with Gasteiger partial charge in [-0.3, -0.25) is 4.79 Å². The van der Waals surface area contributed by atoms with Crippen molar-refractivity contribution < 1.29 is 17.9 Å². The summed E-state index contributed by atoms with van der Waals surface area (Å²) >= 11 is 0. The third-order valence-corrected chi connectivity index (χ3v) is 3.48. The second-order valence-electron chi connectivity index (χ2n) is 3.99. The Balaban J connectivity index is 2.72. The number of nitrogens with zero attached hydrogens (tertiary/aromatic N) is 1. The largest absolute Gasteiger partial charge is 0.466 e. The zero-order valence-electron chi connectivity index (χ0n) is 11.3. The normalized spacial score (nSPS) is 12.0. The molecular weight excluding hydrogens is 282 g/mol. The van der Waals surface area contributed by atoms with Crippen molar-refractivity contribution in [3.05, 3.63) is 24.3 Å². The molecule has 7 nitrogen and oxygen atoms in total. The fourth-order valence-corrected chi connectivity index (χ4v) is 2.17. The van der Waals surface area contributed by atoms with Crippen molar-refractivity contribution in [1.82, 2.24) is 4.83 Å². The summed E-state index contributed by atoms with van der Waals surface area (Å²) in [5.41, 5.74) is 6.25. The van der Waals surface area contributed by atoms with E-state index < -0.39 is 16.0 Å². The van der Waals surface area contributed by atoms with Crippen LogP contribution in [0, 0.1) is 0 Å². The highest BCUT2D eigenvalue weighted by atomic mass is 32.2. The van der Waals surface area contributed by atoms with Gasteiger partial charge in [-0.15, -0.1) is 0 Å². The minimum absolute atomic E-state index is 0.0411. The first-order chi connectivity index (χ1) is 9.35. The number of nitrogen functional groups attached to an aromatic ring is 1. The molecule has 3 N–H and O–H groups in total. The summed E-state index contributed by atoms with van der Waals surface area (Å²) in [6.45, 7) is 3.49. The number of carbonyl (C=O) groups is 1. The van der Waals surface area contributed by atoms with Crippen LogP contribution in [0.1, 0.15) is 20.3 Å². The fraction of sp³-hybridized carbons (Fsp3) is 0.333. The van der Waals surface area contributed by atoms with E-state index in [9.17, 15) is 13.2 Å². The minimum Gasteiger partial charge on any atom is -0.466 e. The highest BCUT2D eigenvalue weighted by Gasteiger charge is 2.13. The van der Waals surface area contributed by atoms with Gasteiger partial charge in [0.15, 0.2) is 0 Å². The second-order valence-corrected chi connectivity index (χ2v) is 5.65. The van der Waals surface area contributed by atoms with Crippen LogP contribution in [0.2, 0.25) is 0 Å². The molecular formula is C12H17N3O4S. The molecule has 1 rings (SSSR count). The van der Waals surface area contributed by atoms with Crippen molar-refractivity contribution in [2.45, 2.75) is 25.2 Å². The molecule has 0 heterocycles. The van der Waals surface area contributed by atoms with E-state index in [2.05, 4.69) is 9.93 Å². The predicted octanol–water partition coefficient (Wildman–Crippen LogP) is 0.876. The van der Waals surface area contributed by atoms with E-state index in [4.69, 9.17) is 10.5 Å². The molecule has 0 saturated heterocycles. The Labute approximate surface area is 117 Å². The van der Waals surface area contributed by atoms with Gasteiger partial charge in [-0.1, -0.05) is 0 Å². The number of sulfonamides is 1. The number of ether oxygens (including phenoxy) is 1. The maximum Gasteiger partial charge on any atom is 0.311 e. The van der Waals surface area contributed by atoms with E-state index >= 15 is 0 Å². The number of hydrogen-bond donors (Lipinski definition) is 2. The molecule has 1 aromatic rings. The summed E-state index contributed by atoms with van der Waals surface area (Å²) < 4.78 is 28.5. The van der Waals surface area contributed by atoms with E-state index in [0.29, 0.717) is 11.4 Å². The lowest BCUT2D eigenvalue weighted by Crippen LogP contribution is -2.20. The average molecular weight is 299 g/mol. The summed E-state index contributed by atoms with van der Waals surface area (Å²) in [4.78, 5) is 13.3. The Bertz CT molecular complexity index is 594. The van der Waals surface area contributed by atoms with Crippen molar-refractivity contribution in [2.75, 3.05) is 12.3 Å². The lowest BCUT2D eigenvalue weighted by Gasteiger charge is -2.05. The Morgan fingerprint density at radius 2 is 1.95 bits per heavy atom. The van der Waals surface area contributed by atoms with E-state index in [-0.39, 0.29) is 17.9 Å². The number of carbonyl (C=O) groups excluding carboxylic acids is 1. The van der Waals surface area contributed by atoms with Crippen LogP contribution in [0.3, 0.4) is 0 Å². The molecule has 0 aromatic heterocycles. The first kappa shape index (κ1) is 16.0.